The molecule has 0 bridgehead atoms. The molecule has 24 heavy (non-hydrogen) atoms. The fraction of sp³-hybridized carbons (Fsp3) is 0.333. The summed E-state index contributed by atoms with van der Waals surface area (Å²) in [6.07, 6.45) is 1.59. The standard InChI is InChI=1S/C18H21NO4S/c1-3-13-9-16(23-15(13)4-2)18(22)19-14-7-5-6-12(8-14)10-24-11-17(20)21/h5-9H,3-4,10-11H2,1-2H3,(H,19,22)(H,20,21). The van der Waals surface area contributed by atoms with E-state index >= 15 is 0 Å². The lowest BCUT2D eigenvalue weighted by Crippen LogP contribution is -2.11. The number of hydrogen-bond acceptors (Lipinski definition) is 4. The summed E-state index contributed by atoms with van der Waals surface area (Å²) < 4.78 is 5.63. The number of aliphatic carboxylic acids is 1. The Morgan fingerprint density at radius 3 is 2.62 bits per heavy atom. The molecule has 6 heteroatoms. The van der Waals surface area contributed by atoms with E-state index in [9.17, 15) is 9.59 Å². The van der Waals surface area contributed by atoms with Gasteiger partial charge in [-0.15, -0.1) is 11.8 Å². The molecule has 1 aromatic heterocycles. The molecule has 0 spiro atoms. The van der Waals surface area contributed by atoms with Crippen molar-refractivity contribution in [3.8, 4) is 0 Å². The van der Waals surface area contributed by atoms with Crippen molar-refractivity contribution in [3.05, 3.63) is 53.0 Å². The molecular weight excluding hydrogens is 326 g/mol. The smallest absolute Gasteiger partial charge is 0.313 e. The predicted molar refractivity (Wildman–Crippen MR) is 95.7 cm³/mol. The van der Waals surface area contributed by atoms with Crippen LogP contribution in [0, 0.1) is 0 Å². The minimum absolute atomic E-state index is 0.0581. The van der Waals surface area contributed by atoms with Crippen molar-refractivity contribution in [2.24, 2.45) is 0 Å². The molecule has 1 amide bonds. The summed E-state index contributed by atoms with van der Waals surface area (Å²) in [4.78, 5) is 22.9. The molecule has 0 aliphatic carbocycles. The van der Waals surface area contributed by atoms with Crippen molar-refractivity contribution in [1.82, 2.24) is 0 Å². The molecule has 0 radical (unpaired) electrons. The molecule has 0 atom stereocenters. The topological polar surface area (TPSA) is 79.5 Å². The highest BCUT2D eigenvalue weighted by atomic mass is 32.2. The average molecular weight is 347 g/mol. The van der Waals surface area contributed by atoms with E-state index in [1.54, 1.807) is 12.1 Å². The lowest BCUT2D eigenvalue weighted by Gasteiger charge is -2.06. The van der Waals surface area contributed by atoms with E-state index in [1.165, 1.54) is 11.8 Å². The zero-order chi connectivity index (χ0) is 17.5. The summed E-state index contributed by atoms with van der Waals surface area (Å²) in [5, 5.41) is 11.5. The molecule has 0 aliphatic heterocycles. The number of carboxylic acid groups (broad SMARTS) is 1. The maximum absolute atomic E-state index is 12.3. The van der Waals surface area contributed by atoms with Gasteiger partial charge in [-0.1, -0.05) is 26.0 Å². The first-order chi connectivity index (χ1) is 11.5. The lowest BCUT2D eigenvalue weighted by atomic mass is 10.1. The molecule has 2 N–H and O–H groups in total. The second-order valence-corrected chi connectivity index (χ2v) is 6.29. The Kier molecular flexibility index (Phi) is 6.49. The SMILES string of the molecule is CCc1cc(C(=O)Nc2cccc(CSCC(=O)O)c2)oc1CC. The van der Waals surface area contributed by atoms with Crippen LogP contribution in [-0.2, 0) is 23.4 Å². The van der Waals surface area contributed by atoms with Crippen molar-refractivity contribution in [2.75, 3.05) is 11.1 Å². The molecule has 1 heterocycles. The monoisotopic (exact) mass is 347 g/mol. The van der Waals surface area contributed by atoms with Crippen molar-refractivity contribution < 1.29 is 19.1 Å². The van der Waals surface area contributed by atoms with Crippen molar-refractivity contribution in [3.63, 3.8) is 0 Å². The predicted octanol–water partition coefficient (Wildman–Crippen LogP) is 3.97. The van der Waals surface area contributed by atoms with Crippen LogP contribution in [0.3, 0.4) is 0 Å². The van der Waals surface area contributed by atoms with Crippen LogP contribution in [0.5, 0.6) is 0 Å². The number of nitrogens with one attached hydrogen (secondary N) is 1. The lowest BCUT2D eigenvalue weighted by molar-refractivity contribution is -0.133. The summed E-state index contributed by atoms with van der Waals surface area (Å²) in [6, 6.07) is 9.18. The van der Waals surface area contributed by atoms with Crippen LogP contribution < -0.4 is 5.32 Å². The Morgan fingerprint density at radius 1 is 1.21 bits per heavy atom. The summed E-state index contributed by atoms with van der Waals surface area (Å²) in [5.74, 6) is 0.690. The van der Waals surface area contributed by atoms with Gasteiger partial charge in [-0.05, 0) is 35.7 Å². The molecule has 5 nitrogen and oxygen atoms in total. The Balaban J connectivity index is 2.03. The van der Waals surface area contributed by atoms with Gasteiger partial charge in [0.05, 0.1) is 5.75 Å². The molecule has 0 saturated heterocycles. The van der Waals surface area contributed by atoms with E-state index in [4.69, 9.17) is 9.52 Å². The third-order valence-corrected chi connectivity index (χ3v) is 4.49. The van der Waals surface area contributed by atoms with Crippen LogP contribution in [0.1, 0.15) is 41.3 Å². The minimum Gasteiger partial charge on any atom is -0.481 e. The van der Waals surface area contributed by atoms with Gasteiger partial charge in [0.25, 0.3) is 5.91 Å². The Bertz CT molecular complexity index is 702. The van der Waals surface area contributed by atoms with E-state index in [0.717, 1.165) is 29.7 Å². The number of carbonyl (C=O) groups excluding carboxylic acids is 1. The molecule has 128 valence electrons. The fourth-order valence-electron chi connectivity index (χ4n) is 2.36. The number of hydrogen-bond donors (Lipinski definition) is 2. The van der Waals surface area contributed by atoms with Crippen LogP contribution >= 0.6 is 11.8 Å². The largest absolute Gasteiger partial charge is 0.481 e. The van der Waals surface area contributed by atoms with Crippen molar-refractivity contribution in [2.45, 2.75) is 32.4 Å². The van der Waals surface area contributed by atoms with Gasteiger partial charge < -0.3 is 14.8 Å². The van der Waals surface area contributed by atoms with E-state index in [0.29, 0.717) is 17.2 Å². The summed E-state index contributed by atoms with van der Waals surface area (Å²) in [7, 11) is 0. The number of thioether (sulfide) groups is 1. The highest BCUT2D eigenvalue weighted by Gasteiger charge is 2.15. The van der Waals surface area contributed by atoms with Crippen LogP contribution in [-0.4, -0.2) is 22.7 Å². The Morgan fingerprint density at radius 2 is 2.00 bits per heavy atom. The first-order valence-corrected chi connectivity index (χ1v) is 9.00. The Hall–Kier alpha value is -2.21. The van der Waals surface area contributed by atoms with Crippen LogP contribution in [0.2, 0.25) is 0 Å². The molecule has 2 rings (SSSR count). The van der Waals surface area contributed by atoms with Gasteiger partial charge in [-0.2, -0.15) is 0 Å². The van der Waals surface area contributed by atoms with Gasteiger partial charge >= 0.3 is 5.97 Å². The first kappa shape index (κ1) is 18.1. The number of anilines is 1. The number of benzene rings is 1. The molecule has 2 aromatic rings. The third-order valence-electron chi connectivity index (χ3n) is 3.50. The molecule has 1 aromatic carbocycles. The van der Waals surface area contributed by atoms with Gasteiger partial charge in [-0.3, -0.25) is 9.59 Å². The summed E-state index contributed by atoms with van der Waals surface area (Å²) >= 11 is 1.32. The van der Waals surface area contributed by atoms with E-state index in [1.807, 2.05) is 32.0 Å². The number of rotatable bonds is 8. The third kappa shape index (κ3) is 4.89. The van der Waals surface area contributed by atoms with Crippen LogP contribution in [0.4, 0.5) is 5.69 Å². The molecule has 0 aliphatic rings. The average Bonchev–Trinajstić information content (AvgIpc) is 2.98. The summed E-state index contributed by atoms with van der Waals surface area (Å²) in [6.45, 7) is 4.03. The number of carbonyl (C=O) groups is 2. The molecule has 0 unspecified atom stereocenters. The zero-order valence-corrected chi connectivity index (χ0v) is 14.6. The number of carboxylic acids is 1. The maximum Gasteiger partial charge on any atom is 0.313 e. The van der Waals surface area contributed by atoms with Gasteiger partial charge in [0.1, 0.15) is 5.76 Å². The maximum atomic E-state index is 12.3. The van der Waals surface area contributed by atoms with Crippen molar-refractivity contribution >= 4 is 29.3 Å². The van der Waals surface area contributed by atoms with Gasteiger partial charge in [0.15, 0.2) is 5.76 Å². The number of aryl methyl sites for hydroxylation is 2. The van der Waals surface area contributed by atoms with Crippen LogP contribution in [0.15, 0.2) is 34.7 Å². The van der Waals surface area contributed by atoms with Crippen molar-refractivity contribution in [1.29, 1.82) is 0 Å². The quantitative estimate of drug-likeness (QED) is 0.755. The second kappa shape index (κ2) is 8.59. The Labute approximate surface area is 145 Å². The second-order valence-electron chi connectivity index (χ2n) is 5.31. The van der Waals surface area contributed by atoms with E-state index in [2.05, 4.69) is 5.32 Å². The first-order valence-electron chi connectivity index (χ1n) is 7.84. The van der Waals surface area contributed by atoms with Crippen LogP contribution in [0.25, 0.3) is 0 Å². The normalized spacial score (nSPS) is 10.6. The van der Waals surface area contributed by atoms with Gasteiger partial charge in [-0.25, -0.2) is 0 Å². The molecule has 0 fully saturated rings. The van der Waals surface area contributed by atoms with E-state index < -0.39 is 5.97 Å². The fourth-order valence-corrected chi connectivity index (χ4v) is 3.06. The van der Waals surface area contributed by atoms with E-state index in [-0.39, 0.29) is 11.7 Å². The molecular formula is C18H21NO4S. The highest BCUT2D eigenvalue weighted by Crippen LogP contribution is 2.20. The number of furan rings is 1. The molecule has 0 saturated carbocycles. The zero-order valence-electron chi connectivity index (χ0n) is 13.8. The van der Waals surface area contributed by atoms with Gasteiger partial charge in [0, 0.05) is 17.9 Å². The summed E-state index contributed by atoms with van der Waals surface area (Å²) in [5.41, 5.74) is 2.68. The van der Waals surface area contributed by atoms with Gasteiger partial charge in [0.2, 0.25) is 0 Å². The minimum atomic E-state index is -0.833. The number of amides is 1. The highest BCUT2D eigenvalue weighted by molar-refractivity contribution is 7.99.